The van der Waals surface area contributed by atoms with Crippen molar-refractivity contribution in [2.45, 2.75) is 25.4 Å². The summed E-state index contributed by atoms with van der Waals surface area (Å²) in [4.78, 5) is 51.8. The van der Waals surface area contributed by atoms with E-state index in [1.807, 2.05) is 6.92 Å². The van der Waals surface area contributed by atoms with Gasteiger partial charge in [0.2, 0.25) is 11.8 Å². The summed E-state index contributed by atoms with van der Waals surface area (Å²) in [6.45, 7) is 2.76. The fourth-order valence-electron chi connectivity index (χ4n) is 3.77. The van der Waals surface area contributed by atoms with E-state index in [0.29, 0.717) is 35.8 Å². The number of nitrogens with one attached hydrogen (secondary N) is 2. The number of carbonyl (C=O) groups excluding carboxylic acids is 3. The zero-order valence-electron chi connectivity index (χ0n) is 15.6. The van der Waals surface area contributed by atoms with E-state index in [1.54, 1.807) is 35.0 Å². The summed E-state index contributed by atoms with van der Waals surface area (Å²) < 4.78 is 0. The first-order chi connectivity index (χ1) is 13.3. The van der Waals surface area contributed by atoms with Gasteiger partial charge in [0, 0.05) is 37.5 Å². The minimum absolute atomic E-state index is 0.0206. The van der Waals surface area contributed by atoms with Crippen molar-refractivity contribution in [1.29, 1.82) is 0 Å². The van der Waals surface area contributed by atoms with Crippen molar-refractivity contribution in [3.63, 3.8) is 0 Å². The lowest BCUT2D eigenvalue weighted by atomic mass is 9.98. The quantitative estimate of drug-likeness (QED) is 0.757. The summed E-state index contributed by atoms with van der Waals surface area (Å²) >= 11 is 0. The molecule has 2 atom stereocenters. The number of aromatic amines is 1. The van der Waals surface area contributed by atoms with Gasteiger partial charge in [-0.25, -0.2) is 5.10 Å². The highest BCUT2D eigenvalue weighted by Gasteiger charge is 2.42. The van der Waals surface area contributed by atoms with Gasteiger partial charge in [0.1, 0.15) is 6.04 Å². The molecule has 3 amide bonds. The molecule has 2 N–H and O–H groups in total. The van der Waals surface area contributed by atoms with Crippen molar-refractivity contribution < 1.29 is 14.4 Å². The molecule has 0 aliphatic carbocycles. The number of rotatable bonds is 3. The van der Waals surface area contributed by atoms with Crippen LogP contribution < -0.4 is 10.9 Å². The van der Waals surface area contributed by atoms with E-state index in [0.717, 1.165) is 0 Å². The van der Waals surface area contributed by atoms with Gasteiger partial charge in [0.25, 0.3) is 11.5 Å². The highest BCUT2D eigenvalue weighted by atomic mass is 16.2. The van der Waals surface area contributed by atoms with Crippen LogP contribution in [0.5, 0.6) is 0 Å². The molecule has 2 aliphatic rings. The number of fused-ring (bicyclic) bond motifs is 1. The molecule has 2 unspecified atom stereocenters. The first-order valence-electron chi connectivity index (χ1n) is 9.18. The fraction of sp³-hybridized carbons (Fsp3) is 0.421. The lowest BCUT2D eigenvalue weighted by Gasteiger charge is -2.45. The molecule has 0 radical (unpaired) electrons. The van der Waals surface area contributed by atoms with Gasteiger partial charge in [-0.1, -0.05) is 6.92 Å². The van der Waals surface area contributed by atoms with Gasteiger partial charge in [0.15, 0.2) is 0 Å². The van der Waals surface area contributed by atoms with E-state index in [4.69, 9.17) is 0 Å². The Balaban J connectivity index is 1.41. The van der Waals surface area contributed by atoms with Crippen LogP contribution in [0.1, 0.15) is 23.7 Å². The Labute approximate surface area is 160 Å². The van der Waals surface area contributed by atoms with E-state index in [9.17, 15) is 19.2 Å². The Morgan fingerprint density at radius 2 is 2.00 bits per heavy atom. The molecular formula is C19H21N5O4. The summed E-state index contributed by atoms with van der Waals surface area (Å²) in [5, 5.41) is 9.92. The number of nitrogens with zero attached hydrogens (tertiary/aromatic N) is 3. The summed E-state index contributed by atoms with van der Waals surface area (Å²) in [6.07, 6.45) is 1.88. The van der Waals surface area contributed by atoms with Crippen LogP contribution in [0, 0.1) is 5.92 Å². The third kappa shape index (κ3) is 3.02. The summed E-state index contributed by atoms with van der Waals surface area (Å²) in [6, 6.07) is 4.32. The Morgan fingerprint density at radius 1 is 1.25 bits per heavy atom. The summed E-state index contributed by atoms with van der Waals surface area (Å²) in [7, 11) is 1.70. The molecule has 1 aromatic carbocycles. The molecule has 1 aromatic heterocycles. The lowest BCUT2D eigenvalue weighted by molar-refractivity contribution is -0.141. The maximum Gasteiger partial charge on any atom is 0.272 e. The first-order valence-corrected chi connectivity index (χ1v) is 9.18. The molecular weight excluding hydrogens is 362 g/mol. The SMILES string of the molecule is CC1CC(=O)NC1C(=O)N1CC(N(C)C(=O)c2ccc3c(=O)[nH]ncc3c2)C1. The molecule has 3 heterocycles. The number of H-pyrrole nitrogens is 1. The highest BCUT2D eigenvalue weighted by molar-refractivity contribution is 5.98. The average Bonchev–Trinajstić information content (AvgIpc) is 2.97. The molecule has 9 heteroatoms. The number of aromatic nitrogens is 2. The number of benzene rings is 1. The number of hydrogen-bond donors (Lipinski definition) is 2. The number of hydrogen-bond acceptors (Lipinski definition) is 5. The lowest BCUT2D eigenvalue weighted by Crippen LogP contribution is -2.64. The third-order valence-corrected chi connectivity index (χ3v) is 5.61. The van der Waals surface area contributed by atoms with Gasteiger partial charge in [-0.15, -0.1) is 0 Å². The van der Waals surface area contributed by atoms with E-state index in [-0.39, 0.29) is 35.2 Å². The van der Waals surface area contributed by atoms with Crippen molar-refractivity contribution in [2.24, 2.45) is 5.92 Å². The van der Waals surface area contributed by atoms with Gasteiger partial charge in [-0.2, -0.15) is 5.10 Å². The molecule has 0 bridgehead atoms. The van der Waals surface area contributed by atoms with Crippen LogP contribution in [-0.2, 0) is 9.59 Å². The Bertz CT molecular complexity index is 1030. The smallest absolute Gasteiger partial charge is 0.272 e. The zero-order chi connectivity index (χ0) is 20.0. The maximum absolute atomic E-state index is 12.8. The molecule has 28 heavy (non-hydrogen) atoms. The number of amides is 3. The second kappa shape index (κ2) is 6.74. The van der Waals surface area contributed by atoms with Gasteiger partial charge in [-0.05, 0) is 24.1 Å². The van der Waals surface area contributed by atoms with Gasteiger partial charge < -0.3 is 15.1 Å². The van der Waals surface area contributed by atoms with Crippen LogP contribution >= 0.6 is 0 Å². The molecule has 146 valence electrons. The first kappa shape index (κ1) is 18.1. The predicted octanol–water partition coefficient (Wildman–Crippen LogP) is -0.269. The molecule has 0 saturated carbocycles. The molecule has 2 fully saturated rings. The van der Waals surface area contributed by atoms with E-state index < -0.39 is 6.04 Å². The third-order valence-electron chi connectivity index (χ3n) is 5.61. The fourth-order valence-corrected chi connectivity index (χ4v) is 3.77. The van der Waals surface area contributed by atoms with E-state index >= 15 is 0 Å². The Hall–Kier alpha value is -3.23. The van der Waals surface area contributed by atoms with Crippen LogP contribution in [0.25, 0.3) is 10.8 Å². The van der Waals surface area contributed by atoms with Gasteiger partial charge >= 0.3 is 0 Å². The number of carbonyl (C=O) groups is 3. The maximum atomic E-state index is 12.8. The van der Waals surface area contributed by atoms with E-state index in [1.165, 1.54) is 6.20 Å². The van der Waals surface area contributed by atoms with Crippen molar-refractivity contribution in [1.82, 2.24) is 25.3 Å². The molecule has 2 aliphatic heterocycles. The Morgan fingerprint density at radius 3 is 2.68 bits per heavy atom. The van der Waals surface area contributed by atoms with Crippen LogP contribution in [0.2, 0.25) is 0 Å². The van der Waals surface area contributed by atoms with Crippen LogP contribution in [0.4, 0.5) is 0 Å². The predicted molar refractivity (Wildman–Crippen MR) is 101 cm³/mol. The molecule has 0 spiro atoms. The average molecular weight is 383 g/mol. The highest BCUT2D eigenvalue weighted by Crippen LogP contribution is 2.23. The molecule has 4 rings (SSSR count). The summed E-state index contributed by atoms with van der Waals surface area (Å²) in [5.74, 6) is -0.388. The van der Waals surface area contributed by atoms with Gasteiger partial charge in [-0.3, -0.25) is 19.2 Å². The molecule has 2 saturated heterocycles. The number of likely N-dealkylation sites (tertiary alicyclic amines) is 1. The second-order valence-corrected chi connectivity index (χ2v) is 7.54. The second-order valence-electron chi connectivity index (χ2n) is 7.54. The van der Waals surface area contributed by atoms with Crippen LogP contribution in [0.3, 0.4) is 0 Å². The Kier molecular flexibility index (Phi) is 4.37. The number of likely N-dealkylation sites (N-methyl/N-ethyl adjacent to an activating group) is 1. The summed E-state index contributed by atoms with van der Waals surface area (Å²) in [5.41, 5.74) is 0.162. The molecule has 9 nitrogen and oxygen atoms in total. The van der Waals surface area contributed by atoms with Crippen molar-refractivity contribution in [3.05, 3.63) is 40.3 Å². The van der Waals surface area contributed by atoms with Crippen molar-refractivity contribution >= 4 is 28.5 Å². The largest absolute Gasteiger partial charge is 0.344 e. The van der Waals surface area contributed by atoms with Crippen LogP contribution in [-0.4, -0.2) is 69.9 Å². The standard InChI is InChI=1S/C19H21N5O4/c1-10-5-15(25)21-16(10)19(28)24-8-13(9-24)23(2)18(27)11-3-4-14-12(6-11)7-20-22-17(14)26/h3-4,6-7,10,13,16H,5,8-9H2,1-2H3,(H,21,25)(H,22,26). The normalized spacial score (nSPS) is 22.1. The van der Waals surface area contributed by atoms with Crippen molar-refractivity contribution in [3.8, 4) is 0 Å². The van der Waals surface area contributed by atoms with Gasteiger partial charge in [0.05, 0.1) is 17.6 Å². The zero-order valence-corrected chi connectivity index (χ0v) is 15.6. The molecule has 2 aromatic rings. The van der Waals surface area contributed by atoms with E-state index in [2.05, 4.69) is 15.5 Å². The topological polar surface area (TPSA) is 115 Å². The van der Waals surface area contributed by atoms with Crippen molar-refractivity contribution in [2.75, 3.05) is 20.1 Å². The van der Waals surface area contributed by atoms with Crippen LogP contribution in [0.15, 0.2) is 29.2 Å². The minimum Gasteiger partial charge on any atom is -0.344 e. The monoisotopic (exact) mass is 383 g/mol. The minimum atomic E-state index is -0.472.